The molecule has 0 aliphatic heterocycles. The van der Waals surface area contributed by atoms with E-state index in [2.05, 4.69) is 4.99 Å². The molecule has 0 spiro atoms. The molecule has 0 bridgehead atoms. The minimum atomic E-state index is -0.663. The van der Waals surface area contributed by atoms with Crippen molar-refractivity contribution in [1.82, 2.24) is 14.0 Å². The van der Waals surface area contributed by atoms with Crippen LogP contribution in [0.5, 0.6) is 5.88 Å². The number of aromatic nitrogens is 2. The number of amides is 1. The third-order valence-corrected chi connectivity index (χ3v) is 5.47. The monoisotopic (exact) mass is 432 g/mol. The Morgan fingerprint density at radius 3 is 2.23 bits per heavy atom. The molecule has 162 valence electrons. The first-order valence-electron chi connectivity index (χ1n) is 9.85. The number of para-hydroxylation sites is 1. The normalized spacial score (nSPS) is 11.5. The zero-order valence-corrected chi connectivity index (χ0v) is 18.6. The van der Waals surface area contributed by atoms with Gasteiger partial charge in [-0.25, -0.2) is 9.79 Å². The zero-order chi connectivity index (χ0) is 22.3. The smallest absolute Gasteiger partial charge is 0.333 e. The van der Waals surface area contributed by atoms with Crippen LogP contribution in [0.4, 0.5) is 5.69 Å². The molecule has 9 heteroatoms. The van der Waals surface area contributed by atoms with Crippen LogP contribution in [0.2, 0.25) is 0 Å². The average Bonchev–Trinajstić information content (AvgIpc) is 2.75. The Labute approximate surface area is 179 Å². The highest BCUT2D eigenvalue weighted by atomic mass is 32.2. The van der Waals surface area contributed by atoms with Crippen LogP contribution in [0.1, 0.15) is 32.3 Å². The molecule has 1 amide bonds. The first-order chi connectivity index (χ1) is 14.3. The molecular weight excluding hydrogens is 404 g/mol. The van der Waals surface area contributed by atoms with E-state index >= 15 is 0 Å². The van der Waals surface area contributed by atoms with Crippen LogP contribution in [0.15, 0.2) is 44.9 Å². The van der Waals surface area contributed by atoms with E-state index in [-0.39, 0.29) is 22.3 Å². The Kier molecular flexibility index (Phi) is 8.46. The lowest BCUT2D eigenvalue weighted by Gasteiger charge is -2.21. The summed E-state index contributed by atoms with van der Waals surface area (Å²) in [5.74, 6) is -0.473. The molecule has 30 heavy (non-hydrogen) atoms. The number of rotatable bonds is 8. The number of carbonyl (C=O) groups excluding carboxylic acids is 1. The van der Waals surface area contributed by atoms with Gasteiger partial charge in [0, 0.05) is 27.2 Å². The number of nitrogens with zero attached hydrogens (tertiary/aromatic N) is 4. The average molecular weight is 433 g/mol. The van der Waals surface area contributed by atoms with E-state index in [1.54, 1.807) is 29.2 Å². The highest BCUT2D eigenvalue weighted by Crippen LogP contribution is 2.23. The summed E-state index contributed by atoms with van der Waals surface area (Å²) in [6, 6.07) is 8.95. The number of aromatic hydroxyl groups is 1. The van der Waals surface area contributed by atoms with Crippen molar-refractivity contribution >= 4 is 28.4 Å². The van der Waals surface area contributed by atoms with Gasteiger partial charge in [-0.1, -0.05) is 43.8 Å². The van der Waals surface area contributed by atoms with Crippen LogP contribution in [0.25, 0.3) is 0 Å². The summed E-state index contributed by atoms with van der Waals surface area (Å²) in [4.78, 5) is 43.9. The molecular formula is C21H28N4O4S. The summed E-state index contributed by atoms with van der Waals surface area (Å²) >= 11 is 1.08. The van der Waals surface area contributed by atoms with E-state index in [9.17, 15) is 19.5 Å². The van der Waals surface area contributed by atoms with Gasteiger partial charge in [-0.3, -0.25) is 18.7 Å². The Balaban J connectivity index is 2.49. The van der Waals surface area contributed by atoms with Gasteiger partial charge in [-0.15, -0.1) is 0 Å². The van der Waals surface area contributed by atoms with Gasteiger partial charge in [0.05, 0.1) is 11.4 Å². The molecule has 0 saturated carbocycles. The van der Waals surface area contributed by atoms with Gasteiger partial charge in [-0.2, -0.15) is 0 Å². The van der Waals surface area contributed by atoms with Crippen molar-refractivity contribution < 1.29 is 9.90 Å². The Morgan fingerprint density at radius 2 is 1.67 bits per heavy atom. The van der Waals surface area contributed by atoms with Crippen molar-refractivity contribution in [1.29, 1.82) is 0 Å². The Hall–Kier alpha value is -2.81. The maximum atomic E-state index is 12.8. The summed E-state index contributed by atoms with van der Waals surface area (Å²) in [7, 11) is 2.72. The van der Waals surface area contributed by atoms with Crippen LogP contribution in [-0.4, -0.2) is 48.9 Å². The lowest BCUT2D eigenvalue weighted by Crippen LogP contribution is -2.40. The highest BCUT2D eigenvalue weighted by Gasteiger charge is 2.22. The SMILES string of the molecule is CCCN(CCC)C(=O)CSC(=Nc1ccccc1)c1c(O)n(C)c(=O)n(C)c1=O. The number of hydrogen-bond acceptors (Lipinski definition) is 6. The van der Waals surface area contributed by atoms with Gasteiger partial charge < -0.3 is 10.0 Å². The molecule has 0 radical (unpaired) electrons. The highest BCUT2D eigenvalue weighted by molar-refractivity contribution is 8.15. The lowest BCUT2D eigenvalue weighted by atomic mass is 10.3. The van der Waals surface area contributed by atoms with Crippen LogP contribution < -0.4 is 11.2 Å². The first kappa shape index (κ1) is 23.5. The number of benzene rings is 1. The van der Waals surface area contributed by atoms with E-state index in [0.29, 0.717) is 18.8 Å². The van der Waals surface area contributed by atoms with Gasteiger partial charge in [0.15, 0.2) is 0 Å². The molecule has 1 aromatic carbocycles. The zero-order valence-electron chi connectivity index (χ0n) is 17.8. The molecule has 8 nitrogen and oxygen atoms in total. The third-order valence-electron chi connectivity index (χ3n) is 4.51. The van der Waals surface area contributed by atoms with Crippen molar-refractivity contribution in [2.75, 3.05) is 18.8 Å². The summed E-state index contributed by atoms with van der Waals surface area (Å²) in [5, 5.41) is 10.7. The standard InChI is InChI=1S/C21H28N4O4S/c1-5-12-25(13-6-2)16(26)14-30-18(22-15-10-8-7-9-11-15)17-19(27)23(3)21(29)24(4)20(17)28/h7-11,27H,5-6,12-14H2,1-4H3. The topological polar surface area (TPSA) is 96.9 Å². The molecule has 1 heterocycles. The molecule has 1 N–H and O–H groups in total. The van der Waals surface area contributed by atoms with E-state index in [1.165, 1.54) is 14.1 Å². The third kappa shape index (κ3) is 5.41. The molecule has 0 atom stereocenters. The Bertz CT molecular complexity index is 1020. The lowest BCUT2D eigenvalue weighted by molar-refractivity contribution is -0.128. The van der Waals surface area contributed by atoms with Crippen LogP contribution in [0.3, 0.4) is 0 Å². The number of aliphatic imine (C=N–C) groups is 1. The maximum absolute atomic E-state index is 12.8. The molecule has 1 aromatic heterocycles. The van der Waals surface area contributed by atoms with Gasteiger partial charge in [0.25, 0.3) is 5.56 Å². The van der Waals surface area contributed by atoms with Crippen LogP contribution in [-0.2, 0) is 18.9 Å². The predicted molar refractivity (Wildman–Crippen MR) is 121 cm³/mol. The summed E-state index contributed by atoms with van der Waals surface area (Å²) in [6.07, 6.45) is 1.70. The molecule has 2 rings (SSSR count). The largest absolute Gasteiger partial charge is 0.494 e. The van der Waals surface area contributed by atoms with E-state index in [4.69, 9.17) is 0 Å². The molecule has 0 fully saturated rings. The maximum Gasteiger partial charge on any atom is 0.333 e. The van der Waals surface area contributed by atoms with Crippen molar-refractivity contribution in [3.63, 3.8) is 0 Å². The van der Waals surface area contributed by atoms with Gasteiger partial charge in [-0.05, 0) is 25.0 Å². The second kappa shape index (κ2) is 10.8. The number of thioether (sulfide) groups is 1. The van der Waals surface area contributed by atoms with Gasteiger partial charge in [0.1, 0.15) is 10.6 Å². The minimum Gasteiger partial charge on any atom is -0.494 e. The van der Waals surface area contributed by atoms with Crippen molar-refractivity contribution in [2.45, 2.75) is 26.7 Å². The van der Waals surface area contributed by atoms with E-state index in [0.717, 1.165) is 33.7 Å². The Morgan fingerprint density at radius 1 is 1.07 bits per heavy atom. The fraction of sp³-hybridized carbons (Fsp3) is 0.429. The second-order valence-electron chi connectivity index (χ2n) is 6.83. The molecule has 0 unspecified atom stereocenters. The summed E-state index contributed by atoms with van der Waals surface area (Å²) in [5.41, 5.74) is -0.830. The van der Waals surface area contributed by atoms with Crippen LogP contribution in [0, 0.1) is 0 Å². The molecule has 2 aromatic rings. The molecule has 0 aliphatic carbocycles. The summed E-state index contributed by atoms with van der Waals surface area (Å²) in [6.45, 7) is 5.34. The second-order valence-corrected chi connectivity index (χ2v) is 7.79. The molecule has 0 saturated heterocycles. The van der Waals surface area contributed by atoms with Crippen molar-refractivity contribution in [2.24, 2.45) is 19.1 Å². The summed E-state index contributed by atoms with van der Waals surface area (Å²) < 4.78 is 1.90. The van der Waals surface area contributed by atoms with E-state index in [1.807, 2.05) is 19.9 Å². The minimum absolute atomic E-state index is 0.0643. The van der Waals surface area contributed by atoms with Gasteiger partial charge >= 0.3 is 5.69 Å². The first-order valence-corrected chi connectivity index (χ1v) is 10.8. The van der Waals surface area contributed by atoms with Crippen molar-refractivity contribution in [3.8, 4) is 5.88 Å². The van der Waals surface area contributed by atoms with Crippen molar-refractivity contribution in [3.05, 3.63) is 56.7 Å². The number of carbonyl (C=O) groups is 1. The van der Waals surface area contributed by atoms with E-state index < -0.39 is 17.1 Å². The number of hydrogen-bond donors (Lipinski definition) is 1. The van der Waals surface area contributed by atoms with Crippen LogP contribution >= 0.6 is 11.8 Å². The fourth-order valence-electron chi connectivity index (χ4n) is 2.92. The van der Waals surface area contributed by atoms with Gasteiger partial charge in [0.2, 0.25) is 11.8 Å². The fourth-order valence-corrected chi connectivity index (χ4v) is 3.86. The predicted octanol–water partition coefficient (Wildman–Crippen LogP) is 2.25. The molecule has 0 aliphatic rings. The quantitative estimate of drug-likeness (QED) is 0.510.